The highest BCUT2D eigenvalue weighted by Gasteiger charge is 2.43. The molecule has 0 spiro atoms. The van der Waals surface area contributed by atoms with Crippen LogP contribution in [0.4, 0.5) is 34.1 Å². The molecule has 10 aromatic carbocycles. The van der Waals surface area contributed by atoms with E-state index >= 15 is 0 Å². The number of hydrogen-bond acceptors (Lipinski definition) is 2. The Labute approximate surface area is 426 Å². The molecule has 4 aliphatic rings. The van der Waals surface area contributed by atoms with Gasteiger partial charge in [0.05, 0.1) is 0 Å². The molecule has 0 aromatic heterocycles. The van der Waals surface area contributed by atoms with Gasteiger partial charge in [0, 0.05) is 45.0 Å². The second kappa shape index (κ2) is 15.0. The van der Waals surface area contributed by atoms with Crippen LogP contribution in [0, 0.1) is 0 Å². The minimum atomic E-state index is -2.13. The van der Waals surface area contributed by atoms with Crippen LogP contribution < -0.4 is 30.5 Å². The minimum Gasteiger partial charge on any atom is -0.310 e. The fourth-order valence-corrected chi connectivity index (χ4v) is 20.0. The van der Waals surface area contributed by atoms with E-state index in [1.54, 1.807) is 0 Å². The van der Waals surface area contributed by atoms with Gasteiger partial charge in [0.15, 0.2) is 0 Å². The normalized spacial score (nSPS) is 15.9. The largest absolute Gasteiger partial charge is 0.310 e. The van der Waals surface area contributed by atoms with E-state index in [4.69, 9.17) is 0 Å². The van der Waals surface area contributed by atoms with Crippen LogP contribution in [0.1, 0.15) is 49.9 Å². The lowest BCUT2D eigenvalue weighted by molar-refractivity contribution is 0.660. The van der Waals surface area contributed by atoms with Crippen LogP contribution in [0.2, 0.25) is 26.2 Å². The predicted octanol–water partition coefficient (Wildman–Crippen LogP) is 16.0. The Morgan fingerprint density at radius 3 is 1.01 bits per heavy atom. The van der Waals surface area contributed by atoms with Crippen molar-refractivity contribution in [3.63, 3.8) is 0 Å². The van der Waals surface area contributed by atoms with Crippen molar-refractivity contribution < 1.29 is 0 Å². The van der Waals surface area contributed by atoms with E-state index in [9.17, 15) is 0 Å². The Morgan fingerprint density at radius 2 is 0.611 bits per heavy atom. The molecule has 0 radical (unpaired) electrons. The fourth-order valence-electron chi connectivity index (χ4n) is 13.8. The summed E-state index contributed by atoms with van der Waals surface area (Å²) < 4.78 is 0. The molecule has 0 unspecified atom stereocenters. The van der Waals surface area contributed by atoms with E-state index in [2.05, 4.69) is 270 Å². The maximum atomic E-state index is 2.56. The highest BCUT2D eigenvalue weighted by molar-refractivity contribution is 7.05. The van der Waals surface area contributed by atoms with Crippen molar-refractivity contribution in [2.75, 3.05) is 9.80 Å². The molecule has 2 heterocycles. The van der Waals surface area contributed by atoms with Crippen LogP contribution in [-0.2, 0) is 10.8 Å². The number of nitrogens with zero attached hydrogens (tertiary/aromatic N) is 2. The summed E-state index contributed by atoms with van der Waals surface area (Å²) >= 11 is 0. The fraction of sp³-hybridized carbons (Fsp3) is 0.147. The number of fused-ring (bicyclic) bond motifs is 15. The highest BCUT2D eigenvalue weighted by Crippen LogP contribution is 2.53. The third-order valence-corrected chi connectivity index (χ3v) is 24.7. The molecule has 4 heteroatoms. The SMILES string of the molecule is CC1(C)c2ccccc2-c2ccc(N(c3ccccc3)c3ccc4c(c3)[Si](C)(C)c3ccc5c6c(ccc5c3-4)[Si](C)(C)c3cc(N(c4ccccc4)c4ccc5c(c4)C(C)(C)c4ccccc4-5)ccc3-6)cc21. The first-order chi connectivity index (χ1) is 34.7. The zero-order chi connectivity index (χ0) is 49.1. The van der Waals surface area contributed by atoms with Gasteiger partial charge in [-0.2, -0.15) is 0 Å². The van der Waals surface area contributed by atoms with Gasteiger partial charge >= 0.3 is 0 Å². The van der Waals surface area contributed by atoms with Crippen molar-refractivity contribution in [2.24, 2.45) is 0 Å². The Kier molecular flexibility index (Phi) is 9.03. The molecule has 0 saturated carbocycles. The summed E-state index contributed by atoms with van der Waals surface area (Å²) in [6.07, 6.45) is 0. The van der Waals surface area contributed by atoms with Gasteiger partial charge in [0.25, 0.3) is 0 Å². The molecule has 10 aromatic rings. The zero-order valence-corrected chi connectivity index (χ0v) is 44.5. The second-order valence-corrected chi connectivity index (χ2v) is 31.6. The third-order valence-electron chi connectivity index (χ3n) is 17.6. The highest BCUT2D eigenvalue weighted by atomic mass is 28.3. The van der Waals surface area contributed by atoms with Crippen LogP contribution in [0.5, 0.6) is 0 Å². The van der Waals surface area contributed by atoms with E-state index in [-0.39, 0.29) is 10.8 Å². The molecule has 2 aliphatic heterocycles. The summed E-state index contributed by atoms with van der Waals surface area (Å²) in [6, 6.07) is 78.9. The van der Waals surface area contributed by atoms with E-state index in [1.165, 1.54) is 132 Å². The molecule has 2 aliphatic carbocycles. The van der Waals surface area contributed by atoms with Gasteiger partial charge in [-0.3, -0.25) is 0 Å². The van der Waals surface area contributed by atoms with Gasteiger partial charge in [-0.1, -0.05) is 187 Å². The predicted molar refractivity (Wildman–Crippen MR) is 313 cm³/mol. The first-order valence-electron chi connectivity index (χ1n) is 25.8. The summed E-state index contributed by atoms with van der Waals surface area (Å²) in [5.41, 5.74) is 23.6. The monoisotopic (exact) mass is 958 g/mol. The number of para-hydroxylation sites is 2. The average Bonchev–Trinajstić information content (AvgIpc) is 3.97. The van der Waals surface area contributed by atoms with Gasteiger partial charge < -0.3 is 9.80 Å². The third kappa shape index (κ3) is 5.88. The molecule has 0 saturated heterocycles. The Morgan fingerprint density at radius 1 is 0.278 bits per heavy atom. The average molecular weight is 959 g/mol. The molecule has 0 N–H and O–H groups in total. The Balaban J connectivity index is 0.880. The number of hydrogen-bond donors (Lipinski definition) is 0. The van der Waals surface area contributed by atoms with Crippen LogP contribution in [-0.4, -0.2) is 16.1 Å². The summed E-state index contributed by atoms with van der Waals surface area (Å²) in [4.78, 5) is 4.97. The molecular formula is C68H58N2Si2. The van der Waals surface area contributed by atoms with Crippen molar-refractivity contribution in [3.05, 3.63) is 229 Å². The zero-order valence-electron chi connectivity index (χ0n) is 42.5. The lowest BCUT2D eigenvalue weighted by atomic mass is 9.82. The summed E-state index contributed by atoms with van der Waals surface area (Å²) in [7, 11) is -4.26. The molecule has 0 bridgehead atoms. The van der Waals surface area contributed by atoms with E-state index in [1.807, 2.05) is 0 Å². The lowest BCUT2D eigenvalue weighted by Gasteiger charge is -2.29. The van der Waals surface area contributed by atoms with Gasteiger partial charge in [-0.25, -0.2) is 0 Å². The molecular weight excluding hydrogens is 901 g/mol. The molecule has 0 amide bonds. The summed E-state index contributed by atoms with van der Waals surface area (Å²) in [5, 5.41) is 8.86. The van der Waals surface area contributed by atoms with E-state index in [0.717, 1.165) is 0 Å². The van der Waals surface area contributed by atoms with Gasteiger partial charge in [0.1, 0.15) is 16.1 Å². The first-order valence-corrected chi connectivity index (χ1v) is 31.8. The van der Waals surface area contributed by atoms with Crippen LogP contribution in [0.15, 0.2) is 206 Å². The van der Waals surface area contributed by atoms with E-state index < -0.39 is 16.1 Å². The molecule has 72 heavy (non-hydrogen) atoms. The van der Waals surface area contributed by atoms with Crippen molar-refractivity contribution in [1.29, 1.82) is 0 Å². The van der Waals surface area contributed by atoms with Gasteiger partial charge in [-0.05, 0) is 171 Å². The first kappa shape index (κ1) is 43.3. The summed E-state index contributed by atoms with van der Waals surface area (Å²) in [5.74, 6) is 0. The van der Waals surface area contributed by atoms with Crippen LogP contribution in [0.3, 0.4) is 0 Å². The van der Waals surface area contributed by atoms with Gasteiger partial charge in [-0.15, -0.1) is 0 Å². The van der Waals surface area contributed by atoms with E-state index in [0.29, 0.717) is 0 Å². The maximum absolute atomic E-state index is 2.56. The van der Waals surface area contributed by atoms with Crippen LogP contribution in [0.25, 0.3) is 55.3 Å². The Bertz CT molecular complexity index is 3680. The lowest BCUT2D eigenvalue weighted by Crippen LogP contribution is -2.49. The summed E-state index contributed by atoms with van der Waals surface area (Å²) in [6.45, 7) is 19.8. The van der Waals surface area contributed by atoms with Crippen molar-refractivity contribution in [3.8, 4) is 44.5 Å². The maximum Gasteiger partial charge on any atom is 0.113 e. The molecule has 2 nitrogen and oxygen atoms in total. The molecule has 0 atom stereocenters. The minimum absolute atomic E-state index is 0.0862. The number of anilines is 6. The van der Waals surface area contributed by atoms with Crippen molar-refractivity contribution >= 4 is 81.8 Å². The number of benzene rings is 10. The van der Waals surface area contributed by atoms with Crippen molar-refractivity contribution in [2.45, 2.75) is 64.7 Å². The topological polar surface area (TPSA) is 6.48 Å². The quantitative estimate of drug-likeness (QED) is 0.153. The number of rotatable bonds is 6. The van der Waals surface area contributed by atoms with Crippen molar-refractivity contribution in [1.82, 2.24) is 0 Å². The Hall–Kier alpha value is -7.51. The molecule has 0 fully saturated rings. The van der Waals surface area contributed by atoms with Gasteiger partial charge in [0.2, 0.25) is 0 Å². The molecule has 14 rings (SSSR count). The molecule has 348 valence electrons. The smallest absolute Gasteiger partial charge is 0.113 e. The standard InChI is InChI=1S/C68H58N2Si2/c1-67(2)57-25-17-15-23-49(57)51-31-27-45(39-59(51)67)69(43-19-11-9-12-20-43)47-29-33-55-63(41-47)71(5,6)61-37-35-54-53(65(55)61)36-38-62-66(54)56-34-30-48(42-64(56)72(62,7)8)70(44-21-13-10-14-22-44)46-28-32-52-50-24-16-18-26-58(50)68(3,4)60(52)40-46/h9-42H,1-8H3. The van der Waals surface area contributed by atoms with Crippen LogP contribution >= 0.6 is 0 Å². The second-order valence-electron chi connectivity index (χ2n) is 22.9.